The maximum Gasteiger partial charge on any atom is 0.127 e. The van der Waals surface area contributed by atoms with Gasteiger partial charge < -0.3 is 10.6 Å². The van der Waals surface area contributed by atoms with E-state index in [1.165, 1.54) is 25.7 Å². The number of nitrogens with one attached hydrogen (secondary N) is 2. The van der Waals surface area contributed by atoms with Crippen molar-refractivity contribution in [3.63, 3.8) is 0 Å². The van der Waals surface area contributed by atoms with Crippen molar-refractivity contribution in [2.45, 2.75) is 25.7 Å². The van der Waals surface area contributed by atoms with Crippen LogP contribution in [0.3, 0.4) is 0 Å². The second-order valence-electron chi connectivity index (χ2n) is 4.19. The molecule has 1 aliphatic carbocycles. The zero-order valence-corrected chi connectivity index (χ0v) is 9.29. The van der Waals surface area contributed by atoms with Crippen molar-refractivity contribution in [1.82, 2.24) is 4.98 Å². The molecular weight excluding hydrogens is 186 g/mol. The third-order valence-electron chi connectivity index (χ3n) is 3.12. The minimum atomic E-state index is 0.920. The van der Waals surface area contributed by atoms with E-state index in [0.29, 0.717) is 0 Å². The van der Waals surface area contributed by atoms with Crippen molar-refractivity contribution in [1.29, 1.82) is 0 Å². The fourth-order valence-electron chi connectivity index (χ4n) is 1.88. The Morgan fingerprint density at radius 2 is 2.33 bits per heavy atom. The van der Waals surface area contributed by atoms with E-state index in [1.54, 1.807) is 0 Å². The minimum absolute atomic E-state index is 0.920. The van der Waals surface area contributed by atoms with Crippen LogP contribution in [0, 0.1) is 5.92 Å². The van der Waals surface area contributed by atoms with Gasteiger partial charge in [0.2, 0.25) is 0 Å². The van der Waals surface area contributed by atoms with E-state index in [1.807, 2.05) is 25.4 Å². The standard InChI is InChI=1S/C12H19N3/c1-13-12-9-11(6-8-15-12)14-7-5-10-3-2-4-10/h6,8-10H,2-5,7H2,1H3,(H2,13,14,15). The van der Waals surface area contributed by atoms with Crippen LogP contribution in [0.15, 0.2) is 18.3 Å². The van der Waals surface area contributed by atoms with Gasteiger partial charge in [0, 0.05) is 31.5 Å². The molecule has 1 heterocycles. The SMILES string of the molecule is CNc1cc(NCCC2CCC2)ccn1. The summed E-state index contributed by atoms with van der Waals surface area (Å²) in [4.78, 5) is 4.18. The highest BCUT2D eigenvalue weighted by Crippen LogP contribution is 2.29. The molecule has 1 aromatic heterocycles. The monoisotopic (exact) mass is 205 g/mol. The van der Waals surface area contributed by atoms with Crippen molar-refractivity contribution in [2.24, 2.45) is 5.92 Å². The highest BCUT2D eigenvalue weighted by atomic mass is 15.0. The summed E-state index contributed by atoms with van der Waals surface area (Å²) in [5, 5.41) is 6.48. The van der Waals surface area contributed by atoms with Gasteiger partial charge in [-0.25, -0.2) is 4.98 Å². The molecule has 1 fully saturated rings. The average Bonchev–Trinajstić information content (AvgIpc) is 2.22. The van der Waals surface area contributed by atoms with Crippen LogP contribution in [-0.4, -0.2) is 18.6 Å². The van der Waals surface area contributed by atoms with Crippen molar-refractivity contribution >= 4 is 11.5 Å². The van der Waals surface area contributed by atoms with Crippen LogP contribution in [-0.2, 0) is 0 Å². The average molecular weight is 205 g/mol. The third-order valence-corrected chi connectivity index (χ3v) is 3.12. The summed E-state index contributed by atoms with van der Waals surface area (Å²) in [5.41, 5.74) is 1.16. The molecule has 2 N–H and O–H groups in total. The van der Waals surface area contributed by atoms with Gasteiger partial charge in [-0.2, -0.15) is 0 Å². The predicted molar refractivity (Wildman–Crippen MR) is 64.2 cm³/mol. The van der Waals surface area contributed by atoms with E-state index in [-0.39, 0.29) is 0 Å². The number of anilines is 2. The molecular formula is C12H19N3. The van der Waals surface area contributed by atoms with Gasteiger partial charge in [0.25, 0.3) is 0 Å². The van der Waals surface area contributed by atoms with Crippen LogP contribution in [0.2, 0.25) is 0 Å². The molecule has 0 aromatic carbocycles. The Hall–Kier alpha value is -1.25. The Balaban J connectivity index is 1.76. The van der Waals surface area contributed by atoms with Crippen LogP contribution >= 0.6 is 0 Å². The maximum atomic E-state index is 4.18. The Kier molecular flexibility index (Phi) is 3.43. The van der Waals surface area contributed by atoms with E-state index < -0.39 is 0 Å². The fourth-order valence-corrected chi connectivity index (χ4v) is 1.88. The Bertz CT molecular complexity index is 307. The van der Waals surface area contributed by atoms with Gasteiger partial charge >= 0.3 is 0 Å². The molecule has 3 nitrogen and oxygen atoms in total. The first kappa shape index (κ1) is 10.3. The predicted octanol–water partition coefficient (Wildman–Crippen LogP) is 2.73. The summed E-state index contributed by atoms with van der Waals surface area (Å²) in [7, 11) is 1.89. The maximum absolute atomic E-state index is 4.18. The highest BCUT2D eigenvalue weighted by Gasteiger charge is 2.16. The molecule has 0 aliphatic heterocycles. The summed E-state index contributed by atoms with van der Waals surface area (Å²) in [5.74, 6) is 1.90. The van der Waals surface area contributed by atoms with Crippen LogP contribution in [0.25, 0.3) is 0 Å². The normalized spacial score (nSPS) is 15.8. The van der Waals surface area contributed by atoms with E-state index in [0.717, 1.165) is 24.0 Å². The first-order chi connectivity index (χ1) is 7.38. The summed E-state index contributed by atoms with van der Waals surface area (Å²) < 4.78 is 0. The smallest absolute Gasteiger partial charge is 0.127 e. The van der Waals surface area contributed by atoms with Crippen LogP contribution in [0.5, 0.6) is 0 Å². The molecule has 0 unspecified atom stereocenters. The van der Waals surface area contributed by atoms with Crippen molar-refractivity contribution < 1.29 is 0 Å². The highest BCUT2D eigenvalue weighted by molar-refractivity contribution is 5.51. The lowest BCUT2D eigenvalue weighted by Crippen LogP contribution is -2.15. The lowest BCUT2D eigenvalue weighted by atomic mass is 9.83. The summed E-state index contributed by atoms with van der Waals surface area (Å²) >= 11 is 0. The van der Waals surface area contributed by atoms with E-state index in [2.05, 4.69) is 15.6 Å². The zero-order valence-electron chi connectivity index (χ0n) is 9.29. The van der Waals surface area contributed by atoms with E-state index >= 15 is 0 Å². The molecule has 3 heteroatoms. The molecule has 0 bridgehead atoms. The third kappa shape index (κ3) is 2.85. The summed E-state index contributed by atoms with van der Waals surface area (Å²) in [6.45, 7) is 1.08. The Labute approximate surface area is 91.3 Å². The van der Waals surface area contributed by atoms with Crippen LogP contribution < -0.4 is 10.6 Å². The van der Waals surface area contributed by atoms with Gasteiger partial charge in [0.15, 0.2) is 0 Å². The lowest BCUT2D eigenvalue weighted by Gasteiger charge is -2.25. The molecule has 1 aliphatic rings. The molecule has 1 aromatic rings. The quantitative estimate of drug-likeness (QED) is 0.776. The largest absolute Gasteiger partial charge is 0.385 e. The molecule has 0 radical (unpaired) electrons. The van der Waals surface area contributed by atoms with E-state index in [9.17, 15) is 0 Å². The van der Waals surface area contributed by atoms with Crippen molar-refractivity contribution in [3.05, 3.63) is 18.3 Å². The van der Waals surface area contributed by atoms with Crippen LogP contribution in [0.4, 0.5) is 11.5 Å². The van der Waals surface area contributed by atoms with Gasteiger partial charge in [0.1, 0.15) is 5.82 Å². The van der Waals surface area contributed by atoms with Gasteiger partial charge in [-0.05, 0) is 18.4 Å². The fraction of sp³-hybridized carbons (Fsp3) is 0.583. The summed E-state index contributed by atoms with van der Waals surface area (Å²) in [6, 6.07) is 4.06. The zero-order chi connectivity index (χ0) is 10.5. The first-order valence-corrected chi connectivity index (χ1v) is 5.76. The van der Waals surface area contributed by atoms with Gasteiger partial charge in [-0.3, -0.25) is 0 Å². The Morgan fingerprint density at radius 3 is 3.00 bits per heavy atom. The van der Waals surface area contributed by atoms with Gasteiger partial charge in [0.05, 0.1) is 0 Å². The van der Waals surface area contributed by atoms with Crippen molar-refractivity contribution in [3.8, 4) is 0 Å². The minimum Gasteiger partial charge on any atom is -0.385 e. The number of hydrogen-bond donors (Lipinski definition) is 2. The molecule has 82 valence electrons. The first-order valence-electron chi connectivity index (χ1n) is 5.76. The molecule has 0 atom stereocenters. The van der Waals surface area contributed by atoms with E-state index in [4.69, 9.17) is 0 Å². The molecule has 1 saturated carbocycles. The molecule has 0 amide bonds. The number of rotatable bonds is 5. The topological polar surface area (TPSA) is 37.0 Å². The summed E-state index contributed by atoms with van der Waals surface area (Å²) in [6.07, 6.45) is 7.43. The number of hydrogen-bond acceptors (Lipinski definition) is 3. The lowest BCUT2D eigenvalue weighted by molar-refractivity contribution is 0.303. The number of pyridine rings is 1. The molecule has 2 rings (SSSR count). The Morgan fingerprint density at radius 1 is 1.47 bits per heavy atom. The van der Waals surface area contributed by atoms with Crippen LogP contribution in [0.1, 0.15) is 25.7 Å². The van der Waals surface area contributed by atoms with Gasteiger partial charge in [-0.1, -0.05) is 19.3 Å². The van der Waals surface area contributed by atoms with Crippen molar-refractivity contribution in [2.75, 3.05) is 24.2 Å². The molecule has 0 saturated heterocycles. The second-order valence-corrected chi connectivity index (χ2v) is 4.19. The number of aromatic nitrogens is 1. The second kappa shape index (κ2) is 5.01. The number of nitrogens with zero attached hydrogens (tertiary/aromatic N) is 1. The molecule has 15 heavy (non-hydrogen) atoms. The van der Waals surface area contributed by atoms with Gasteiger partial charge in [-0.15, -0.1) is 0 Å². The molecule has 0 spiro atoms.